The first kappa shape index (κ1) is 26.2. The van der Waals surface area contributed by atoms with Gasteiger partial charge in [0.1, 0.15) is 24.2 Å². The lowest BCUT2D eigenvalue weighted by atomic mass is 10.1. The van der Waals surface area contributed by atoms with Gasteiger partial charge in [-0.1, -0.05) is 38.1 Å². The Kier molecular flexibility index (Phi) is 8.92. The largest absolute Gasteiger partial charge is 0.354 e. The Balaban J connectivity index is 2.38. The molecule has 0 saturated heterocycles. The van der Waals surface area contributed by atoms with Crippen LogP contribution in [0.3, 0.4) is 0 Å². The Bertz CT molecular complexity index is 1090. The summed E-state index contributed by atoms with van der Waals surface area (Å²) in [5, 5.41) is 2.73. The molecule has 2 rings (SSSR count). The molecule has 0 radical (unpaired) electrons. The van der Waals surface area contributed by atoms with Gasteiger partial charge >= 0.3 is 0 Å². The second-order valence-corrected chi connectivity index (χ2v) is 10.1. The molecule has 2 amide bonds. The number of halogens is 2. The number of carbonyl (C=O) groups is 2. The smallest absolute Gasteiger partial charge is 0.244 e. The van der Waals surface area contributed by atoms with Gasteiger partial charge in [0, 0.05) is 18.7 Å². The Hall–Kier alpha value is -3.01. The highest BCUT2D eigenvalue weighted by atomic mass is 32.2. The maximum Gasteiger partial charge on any atom is 0.244 e. The lowest BCUT2D eigenvalue weighted by Crippen LogP contribution is -2.51. The minimum atomic E-state index is -3.97. The zero-order valence-corrected chi connectivity index (χ0v) is 19.9. The minimum absolute atomic E-state index is 0.0337. The summed E-state index contributed by atoms with van der Waals surface area (Å²) in [5.41, 5.74) is 0.139. The number of hydrogen-bond donors (Lipinski definition) is 1. The molecule has 0 bridgehead atoms. The fourth-order valence-corrected chi connectivity index (χ4v) is 3.93. The van der Waals surface area contributed by atoms with E-state index in [9.17, 15) is 26.8 Å². The van der Waals surface area contributed by atoms with E-state index in [0.29, 0.717) is 6.54 Å². The molecule has 1 N–H and O–H groups in total. The molecule has 0 unspecified atom stereocenters. The van der Waals surface area contributed by atoms with E-state index in [2.05, 4.69) is 5.32 Å². The number of benzene rings is 2. The summed E-state index contributed by atoms with van der Waals surface area (Å²) in [6.45, 7) is 4.76. The van der Waals surface area contributed by atoms with Gasteiger partial charge < -0.3 is 10.2 Å². The van der Waals surface area contributed by atoms with E-state index in [4.69, 9.17) is 0 Å². The van der Waals surface area contributed by atoms with Gasteiger partial charge in [-0.15, -0.1) is 0 Å². The molecule has 0 aliphatic carbocycles. The van der Waals surface area contributed by atoms with Crippen molar-refractivity contribution in [3.05, 3.63) is 65.7 Å². The second kappa shape index (κ2) is 11.2. The highest BCUT2D eigenvalue weighted by Gasteiger charge is 2.30. The van der Waals surface area contributed by atoms with Crippen LogP contribution in [-0.4, -0.2) is 50.5 Å². The summed E-state index contributed by atoms with van der Waals surface area (Å²) in [6.07, 6.45) is 0.894. The number of rotatable bonds is 10. The molecule has 1 atom stereocenters. The lowest BCUT2D eigenvalue weighted by Gasteiger charge is -2.31. The van der Waals surface area contributed by atoms with Crippen LogP contribution in [0.2, 0.25) is 0 Å². The number of anilines is 1. The molecule has 0 spiro atoms. The van der Waals surface area contributed by atoms with Gasteiger partial charge in [-0.2, -0.15) is 0 Å². The fourth-order valence-electron chi connectivity index (χ4n) is 3.09. The Morgan fingerprint density at radius 3 is 2.27 bits per heavy atom. The van der Waals surface area contributed by atoms with Crippen LogP contribution in [-0.2, 0) is 26.2 Å². The van der Waals surface area contributed by atoms with E-state index in [0.717, 1.165) is 27.6 Å². The molecular weight excluding hydrogens is 452 g/mol. The van der Waals surface area contributed by atoms with E-state index in [-0.39, 0.29) is 23.7 Å². The van der Waals surface area contributed by atoms with Crippen molar-refractivity contribution in [2.45, 2.75) is 33.4 Å². The third-order valence-electron chi connectivity index (χ3n) is 4.93. The zero-order valence-electron chi connectivity index (χ0n) is 19.1. The SMILES string of the molecule is CC(C)CNC(=O)[C@@H](C)N(Cc1ccccc1F)C(=O)CN(c1cccc(F)c1)S(C)(=O)=O. The van der Waals surface area contributed by atoms with Gasteiger partial charge in [0.25, 0.3) is 0 Å². The third kappa shape index (κ3) is 7.52. The van der Waals surface area contributed by atoms with Crippen LogP contribution in [0.15, 0.2) is 48.5 Å². The van der Waals surface area contributed by atoms with E-state index < -0.39 is 46.1 Å². The predicted molar refractivity (Wildman–Crippen MR) is 123 cm³/mol. The first-order chi connectivity index (χ1) is 15.4. The number of nitrogens with zero attached hydrogens (tertiary/aromatic N) is 2. The maximum atomic E-state index is 14.3. The molecule has 0 fully saturated rings. The molecule has 0 heterocycles. The van der Waals surface area contributed by atoms with Crippen molar-refractivity contribution in [3.63, 3.8) is 0 Å². The fraction of sp³-hybridized carbons (Fsp3) is 0.391. The van der Waals surface area contributed by atoms with E-state index >= 15 is 0 Å². The van der Waals surface area contributed by atoms with Crippen LogP contribution in [0.25, 0.3) is 0 Å². The number of sulfonamides is 1. The summed E-state index contributed by atoms with van der Waals surface area (Å²) >= 11 is 0. The minimum Gasteiger partial charge on any atom is -0.354 e. The summed E-state index contributed by atoms with van der Waals surface area (Å²) in [5.74, 6) is -2.25. The average molecular weight is 482 g/mol. The van der Waals surface area contributed by atoms with Crippen molar-refractivity contribution in [1.82, 2.24) is 10.2 Å². The Morgan fingerprint density at radius 2 is 1.70 bits per heavy atom. The molecule has 10 heteroatoms. The molecular formula is C23H29F2N3O4S. The molecule has 0 aromatic heterocycles. The van der Waals surface area contributed by atoms with Crippen molar-refractivity contribution in [1.29, 1.82) is 0 Å². The van der Waals surface area contributed by atoms with Gasteiger partial charge in [-0.05, 0) is 37.1 Å². The van der Waals surface area contributed by atoms with E-state index in [1.807, 2.05) is 13.8 Å². The first-order valence-electron chi connectivity index (χ1n) is 10.4. The molecule has 180 valence electrons. The summed E-state index contributed by atoms with van der Waals surface area (Å²) in [6, 6.07) is 9.63. The van der Waals surface area contributed by atoms with Crippen molar-refractivity contribution < 1.29 is 26.8 Å². The van der Waals surface area contributed by atoms with Crippen molar-refractivity contribution in [3.8, 4) is 0 Å². The average Bonchev–Trinajstić information content (AvgIpc) is 2.73. The molecule has 33 heavy (non-hydrogen) atoms. The molecule has 2 aromatic rings. The quantitative estimate of drug-likeness (QED) is 0.565. The van der Waals surface area contributed by atoms with Crippen molar-refractivity contribution in [2.24, 2.45) is 5.92 Å². The Morgan fingerprint density at radius 1 is 1.03 bits per heavy atom. The standard InChI is InChI=1S/C23H29F2N3O4S/c1-16(2)13-26-23(30)17(3)27(14-18-8-5-6-11-21(18)25)22(29)15-28(33(4,31)32)20-10-7-9-19(24)12-20/h5-12,16-17H,13-15H2,1-4H3,(H,26,30)/t17-/m1/s1. The highest BCUT2D eigenvalue weighted by molar-refractivity contribution is 7.92. The number of hydrogen-bond acceptors (Lipinski definition) is 4. The summed E-state index contributed by atoms with van der Waals surface area (Å²) in [4.78, 5) is 27.1. The van der Waals surface area contributed by atoms with Gasteiger partial charge in [0.15, 0.2) is 0 Å². The second-order valence-electron chi connectivity index (χ2n) is 8.18. The van der Waals surface area contributed by atoms with Gasteiger partial charge in [-0.25, -0.2) is 17.2 Å². The molecule has 0 aliphatic heterocycles. The van der Waals surface area contributed by atoms with Crippen molar-refractivity contribution in [2.75, 3.05) is 23.7 Å². The third-order valence-corrected chi connectivity index (χ3v) is 6.07. The van der Waals surface area contributed by atoms with Crippen LogP contribution in [0.5, 0.6) is 0 Å². The first-order valence-corrected chi connectivity index (χ1v) is 12.3. The normalized spacial score (nSPS) is 12.3. The predicted octanol–water partition coefficient (Wildman–Crippen LogP) is 2.92. The lowest BCUT2D eigenvalue weighted by molar-refractivity contribution is -0.139. The molecule has 0 aliphatic rings. The highest BCUT2D eigenvalue weighted by Crippen LogP contribution is 2.20. The molecule has 2 aromatic carbocycles. The van der Waals surface area contributed by atoms with Crippen LogP contribution >= 0.6 is 0 Å². The van der Waals surface area contributed by atoms with Crippen LogP contribution < -0.4 is 9.62 Å². The zero-order chi connectivity index (χ0) is 24.8. The van der Waals surface area contributed by atoms with E-state index in [1.165, 1.54) is 37.3 Å². The number of amides is 2. The van der Waals surface area contributed by atoms with Crippen LogP contribution in [0.1, 0.15) is 26.3 Å². The molecule has 7 nitrogen and oxygen atoms in total. The molecule has 0 saturated carbocycles. The summed E-state index contributed by atoms with van der Waals surface area (Å²) < 4.78 is 53.6. The number of nitrogens with one attached hydrogen (secondary N) is 1. The summed E-state index contributed by atoms with van der Waals surface area (Å²) in [7, 11) is -3.97. The van der Waals surface area contributed by atoms with E-state index in [1.54, 1.807) is 6.07 Å². The maximum absolute atomic E-state index is 14.3. The monoisotopic (exact) mass is 481 g/mol. The Labute approximate surface area is 193 Å². The van der Waals surface area contributed by atoms with Crippen LogP contribution in [0, 0.1) is 17.6 Å². The van der Waals surface area contributed by atoms with Crippen LogP contribution in [0.4, 0.5) is 14.5 Å². The van der Waals surface area contributed by atoms with Gasteiger partial charge in [-0.3, -0.25) is 13.9 Å². The van der Waals surface area contributed by atoms with Gasteiger partial charge in [0.2, 0.25) is 21.8 Å². The van der Waals surface area contributed by atoms with Crippen molar-refractivity contribution >= 4 is 27.5 Å². The van der Waals surface area contributed by atoms with Gasteiger partial charge in [0.05, 0.1) is 11.9 Å². The number of carbonyl (C=O) groups excluding carboxylic acids is 2. The topological polar surface area (TPSA) is 86.8 Å².